The lowest BCUT2D eigenvalue weighted by molar-refractivity contribution is -0.142. The molecule has 2 rings (SSSR count). The fourth-order valence-electron chi connectivity index (χ4n) is 2.70. The molecule has 2 aromatic carbocycles. The maximum Gasteiger partial charge on any atom is 0.261 e. The second-order valence-corrected chi connectivity index (χ2v) is 7.22. The van der Waals surface area contributed by atoms with Crippen molar-refractivity contribution < 1.29 is 18.7 Å². The molecule has 0 saturated carbocycles. The van der Waals surface area contributed by atoms with Crippen LogP contribution in [0, 0.1) is 12.7 Å². The molecular formula is C22H26ClFN2O3. The van der Waals surface area contributed by atoms with Gasteiger partial charge in [-0.15, -0.1) is 0 Å². The van der Waals surface area contributed by atoms with Crippen LogP contribution in [0.5, 0.6) is 5.75 Å². The molecule has 0 saturated heterocycles. The molecule has 1 atom stereocenters. The fraction of sp³-hybridized carbons (Fsp3) is 0.364. The molecule has 0 aliphatic carbocycles. The smallest absolute Gasteiger partial charge is 0.261 e. The molecule has 2 aromatic rings. The Morgan fingerprint density at radius 2 is 1.90 bits per heavy atom. The van der Waals surface area contributed by atoms with Crippen molar-refractivity contribution in [3.05, 3.63) is 64.4 Å². The summed E-state index contributed by atoms with van der Waals surface area (Å²) < 4.78 is 18.8. The third-order valence-corrected chi connectivity index (χ3v) is 4.90. The van der Waals surface area contributed by atoms with Gasteiger partial charge in [0, 0.05) is 18.1 Å². The minimum atomic E-state index is -0.699. The van der Waals surface area contributed by atoms with Gasteiger partial charge in [0.25, 0.3) is 5.91 Å². The first kappa shape index (κ1) is 22.7. The van der Waals surface area contributed by atoms with Crippen molar-refractivity contribution in [1.82, 2.24) is 10.2 Å². The molecule has 0 heterocycles. The van der Waals surface area contributed by atoms with Crippen LogP contribution >= 0.6 is 11.6 Å². The van der Waals surface area contributed by atoms with Gasteiger partial charge < -0.3 is 15.0 Å². The average molecular weight is 421 g/mol. The van der Waals surface area contributed by atoms with Crippen molar-refractivity contribution in [2.75, 3.05) is 13.2 Å². The van der Waals surface area contributed by atoms with E-state index in [1.807, 2.05) is 13.8 Å². The first-order valence-corrected chi connectivity index (χ1v) is 9.90. The van der Waals surface area contributed by atoms with E-state index in [0.29, 0.717) is 17.3 Å². The lowest BCUT2D eigenvalue weighted by atomic mass is 10.1. The van der Waals surface area contributed by atoms with Gasteiger partial charge in [0.15, 0.2) is 6.61 Å². The van der Waals surface area contributed by atoms with Crippen LogP contribution in [-0.4, -0.2) is 35.9 Å². The van der Waals surface area contributed by atoms with E-state index in [4.69, 9.17) is 16.3 Å². The van der Waals surface area contributed by atoms with Gasteiger partial charge in [-0.1, -0.05) is 30.7 Å². The van der Waals surface area contributed by atoms with E-state index in [1.165, 1.54) is 17.0 Å². The topological polar surface area (TPSA) is 58.6 Å². The predicted octanol–water partition coefficient (Wildman–Crippen LogP) is 4.11. The van der Waals surface area contributed by atoms with Gasteiger partial charge in [-0.2, -0.15) is 0 Å². The predicted molar refractivity (Wildman–Crippen MR) is 111 cm³/mol. The van der Waals surface area contributed by atoms with E-state index in [9.17, 15) is 14.0 Å². The summed E-state index contributed by atoms with van der Waals surface area (Å²) in [6.07, 6.45) is 0.795. The molecule has 156 valence electrons. The molecule has 29 heavy (non-hydrogen) atoms. The first-order chi connectivity index (χ1) is 13.8. The number of benzene rings is 2. The molecule has 0 bridgehead atoms. The fourth-order valence-corrected chi connectivity index (χ4v) is 2.82. The Kier molecular flexibility index (Phi) is 8.46. The zero-order chi connectivity index (χ0) is 21.4. The summed E-state index contributed by atoms with van der Waals surface area (Å²) in [4.78, 5) is 26.7. The largest absolute Gasteiger partial charge is 0.484 e. The van der Waals surface area contributed by atoms with Gasteiger partial charge in [0.05, 0.1) is 0 Å². The summed E-state index contributed by atoms with van der Waals surface area (Å²) in [7, 11) is 0. The Balaban J connectivity index is 2.13. The quantitative estimate of drug-likeness (QED) is 0.664. The van der Waals surface area contributed by atoms with Crippen LogP contribution in [0.4, 0.5) is 4.39 Å². The van der Waals surface area contributed by atoms with Crippen molar-refractivity contribution in [3.63, 3.8) is 0 Å². The van der Waals surface area contributed by atoms with Crippen LogP contribution in [0.25, 0.3) is 0 Å². The minimum absolute atomic E-state index is 0.169. The second-order valence-electron chi connectivity index (χ2n) is 6.81. The van der Waals surface area contributed by atoms with Gasteiger partial charge >= 0.3 is 0 Å². The zero-order valence-corrected chi connectivity index (χ0v) is 17.6. The minimum Gasteiger partial charge on any atom is -0.484 e. The standard InChI is InChI=1S/C22H26ClFN2O3/c1-4-11-25-22(28)16(3)26(13-17-5-7-18(24)8-6-17)21(27)14-29-19-9-10-20(23)15(2)12-19/h5-10,12,16H,4,11,13-14H2,1-3H3,(H,25,28)/t16-/m1/s1. The molecule has 1 N–H and O–H groups in total. The summed E-state index contributed by atoms with van der Waals surface area (Å²) in [6.45, 7) is 5.93. The number of halogens is 2. The number of amides is 2. The number of rotatable bonds is 9. The molecule has 0 radical (unpaired) electrons. The van der Waals surface area contributed by atoms with Crippen molar-refractivity contribution in [3.8, 4) is 5.75 Å². The van der Waals surface area contributed by atoms with Crippen molar-refractivity contribution >= 4 is 23.4 Å². The Morgan fingerprint density at radius 1 is 1.21 bits per heavy atom. The maximum atomic E-state index is 13.2. The van der Waals surface area contributed by atoms with E-state index < -0.39 is 6.04 Å². The molecular weight excluding hydrogens is 395 g/mol. The number of nitrogens with one attached hydrogen (secondary N) is 1. The average Bonchev–Trinajstić information content (AvgIpc) is 2.71. The highest BCUT2D eigenvalue weighted by Crippen LogP contribution is 2.21. The Labute approximate surface area is 175 Å². The van der Waals surface area contributed by atoms with E-state index in [1.54, 1.807) is 37.3 Å². The normalized spacial score (nSPS) is 11.6. The Hall–Kier alpha value is -2.60. The molecule has 0 aromatic heterocycles. The number of carbonyl (C=O) groups is 2. The van der Waals surface area contributed by atoms with Crippen LogP contribution in [0.3, 0.4) is 0 Å². The van der Waals surface area contributed by atoms with Gasteiger partial charge in [0.1, 0.15) is 17.6 Å². The number of nitrogens with zero attached hydrogens (tertiary/aromatic N) is 1. The van der Waals surface area contributed by atoms with E-state index >= 15 is 0 Å². The highest BCUT2D eigenvalue weighted by Gasteiger charge is 2.26. The van der Waals surface area contributed by atoms with Crippen LogP contribution < -0.4 is 10.1 Å². The summed E-state index contributed by atoms with van der Waals surface area (Å²) in [6, 6.07) is 10.3. The first-order valence-electron chi connectivity index (χ1n) is 9.52. The van der Waals surface area contributed by atoms with Crippen LogP contribution in [0.1, 0.15) is 31.4 Å². The van der Waals surface area contributed by atoms with E-state index in [-0.39, 0.29) is 30.8 Å². The molecule has 0 fully saturated rings. The number of carbonyl (C=O) groups excluding carboxylic acids is 2. The number of aryl methyl sites for hydroxylation is 1. The third-order valence-electron chi connectivity index (χ3n) is 4.47. The van der Waals surface area contributed by atoms with E-state index in [2.05, 4.69) is 5.32 Å². The molecule has 2 amide bonds. The van der Waals surface area contributed by atoms with Gasteiger partial charge in [-0.25, -0.2) is 4.39 Å². The lowest BCUT2D eigenvalue weighted by Crippen LogP contribution is -2.49. The van der Waals surface area contributed by atoms with Crippen LogP contribution in [0.15, 0.2) is 42.5 Å². The maximum absolute atomic E-state index is 13.2. The Morgan fingerprint density at radius 3 is 2.52 bits per heavy atom. The van der Waals surface area contributed by atoms with Gasteiger partial charge in [-0.05, 0) is 61.7 Å². The molecule has 7 heteroatoms. The van der Waals surface area contributed by atoms with Crippen molar-refractivity contribution in [2.45, 2.75) is 39.8 Å². The number of hydrogen-bond acceptors (Lipinski definition) is 3. The van der Waals surface area contributed by atoms with Crippen molar-refractivity contribution in [2.24, 2.45) is 0 Å². The van der Waals surface area contributed by atoms with Crippen molar-refractivity contribution in [1.29, 1.82) is 0 Å². The monoisotopic (exact) mass is 420 g/mol. The molecule has 0 spiro atoms. The highest BCUT2D eigenvalue weighted by molar-refractivity contribution is 6.31. The summed E-state index contributed by atoms with van der Waals surface area (Å²) >= 11 is 6.01. The molecule has 0 aliphatic heterocycles. The molecule has 0 unspecified atom stereocenters. The summed E-state index contributed by atoms with van der Waals surface area (Å²) in [5, 5.41) is 3.42. The van der Waals surface area contributed by atoms with E-state index in [0.717, 1.165) is 17.5 Å². The Bertz CT molecular complexity index is 842. The second kappa shape index (κ2) is 10.8. The highest BCUT2D eigenvalue weighted by atomic mass is 35.5. The third kappa shape index (κ3) is 6.75. The lowest BCUT2D eigenvalue weighted by Gasteiger charge is -2.28. The van der Waals surface area contributed by atoms with Gasteiger partial charge in [-0.3, -0.25) is 9.59 Å². The molecule has 0 aliphatic rings. The zero-order valence-electron chi connectivity index (χ0n) is 16.9. The van der Waals surface area contributed by atoms with Gasteiger partial charge in [0.2, 0.25) is 5.91 Å². The molecule has 5 nitrogen and oxygen atoms in total. The van der Waals surface area contributed by atoms with Crippen LogP contribution in [0.2, 0.25) is 5.02 Å². The SMILES string of the molecule is CCCNC(=O)[C@@H](C)N(Cc1ccc(F)cc1)C(=O)COc1ccc(Cl)c(C)c1. The number of hydrogen-bond donors (Lipinski definition) is 1. The summed E-state index contributed by atoms with van der Waals surface area (Å²) in [5.41, 5.74) is 1.56. The van der Waals surface area contributed by atoms with Crippen LogP contribution in [-0.2, 0) is 16.1 Å². The number of ether oxygens (including phenoxy) is 1. The summed E-state index contributed by atoms with van der Waals surface area (Å²) in [5.74, 6) is -0.433.